The van der Waals surface area contributed by atoms with Crippen molar-refractivity contribution < 1.29 is 0 Å². The lowest BCUT2D eigenvalue weighted by atomic mass is 9.99. The predicted octanol–water partition coefficient (Wildman–Crippen LogP) is 3.61. The highest BCUT2D eigenvalue weighted by Crippen LogP contribution is 2.25. The minimum atomic E-state index is 0.505. The second kappa shape index (κ2) is 8.87. The topological polar surface area (TPSA) is 15.3 Å². The molecule has 1 saturated heterocycles. The minimum absolute atomic E-state index is 0.505. The van der Waals surface area contributed by atoms with Gasteiger partial charge in [0, 0.05) is 31.6 Å². The molecule has 1 aromatic carbocycles. The standard InChI is InChI=1S/C19H28N2/c1-3-5-6-10-14-21-16-18(11-4-2)20-15-19(21)17-12-8-7-9-13-17/h1,7-9,12-13,18-20H,4-6,10-11,14-16H2,2H3. The summed E-state index contributed by atoms with van der Waals surface area (Å²) >= 11 is 0. The van der Waals surface area contributed by atoms with Crippen molar-refractivity contribution in [3.8, 4) is 12.3 Å². The maximum absolute atomic E-state index is 5.35. The molecule has 0 aromatic heterocycles. The Morgan fingerprint density at radius 1 is 1.29 bits per heavy atom. The molecule has 1 N–H and O–H groups in total. The summed E-state index contributed by atoms with van der Waals surface area (Å²) in [5.41, 5.74) is 1.43. The fourth-order valence-corrected chi connectivity index (χ4v) is 3.22. The molecule has 0 spiro atoms. The minimum Gasteiger partial charge on any atom is -0.311 e. The van der Waals surface area contributed by atoms with Gasteiger partial charge in [0.2, 0.25) is 0 Å². The lowest BCUT2D eigenvalue weighted by Gasteiger charge is -2.41. The Labute approximate surface area is 129 Å². The monoisotopic (exact) mass is 284 g/mol. The van der Waals surface area contributed by atoms with Gasteiger partial charge in [-0.15, -0.1) is 12.3 Å². The van der Waals surface area contributed by atoms with Gasteiger partial charge in [-0.25, -0.2) is 0 Å². The second-order valence-electron chi connectivity index (χ2n) is 5.98. The van der Waals surface area contributed by atoms with Crippen LogP contribution in [0.5, 0.6) is 0 Å². The highest BCUT2D eigenvalue weighted by molar-refractivity contribution is 5.20. The highest BCUT2D eigenvalue weighted by Gasteiger charge is 2.27. The van der Waals surface area contributed by atoms with E-state index in [1.54, 1.807) is 0 Å². The summed E-state index contributed by atoms with van der Waals surface area (Å²) < 4.78 is 0. The number of benzene rings is 1. The van der Waals surface area contributed by atoms with Crippen LogP contribution in [0.2, 0.25) is 0 Å². The van der Waals surface area contributed by atoms with Gasteiger partial charge in [0.05, 0.1) is 0 Å². The van der Waals surface area contributed by atoms with Crippen LogP contribution in [-0.2, 0) is 0 Å². The first kappa shape index (κ1) is 16.1. The molecule has 0 bridgehead atoms. The Morgan fingerprint density at radius 2 is 2.10 bits per heavy atom. The molecule has 2 heteroatoms. The Bertz CT molecular complexity index is 435. The molecular formula is C19H28N2. The summed E-state index contributed by atoms with van der Waals surface area (Å²) in [4.78, 5) is 2.66. The summed E-state index contributed by atoms with van der Waals surface area (Å²) in [5, 5.41) is 3.73. The third-order valence-electron chi connectivity index (χ3n) is 4.33. The first-order chi connectivity index (χ1) is 10.3. The Morgan fingerprint density at radius 3 is 2.81 bits per heavy atom. The van der Waals surface area contributed by atoms with Crippen LogP contribution in [0.3, 0.4) is 0 Å². The van der Waals surface area contributed by atoms with E-state index in [4.69, 9.17) is 6.42 Å². The molecule has 1 aliphatic heterocycles. The Balaban J connectivity index is 1.98. The van der Waals surface area contributed by atoms with Crippen molar-refractivity contribution in [2.45, 2.75) is 51.1 Å². The average molecular weight is 284 g/mol. The molecule has 0 aliphatic carbocycles. The number of rotatable bonds is 7. The van der Waals surface area contributed by atoms with E-state index in [-0.39, 0.29) is 0 Å². The van der Waals surface area contributed by atoms with Crippen LogP contribution in [0.15, 0.2) is 30.3 Å². The lowest BCUT2D eigenvalue weighted by molar-refractivity contribution is 0.124. The quantitative estimate of drug-likeness (QED) is 0.608. The van der Waals surface area contributed by atoms with Gasteiger partial charge < -0.3 is 5.32 Å². The van der Waals surface area contributed by atoms with Crippen LogP contribution in [0, 0.1) is 12.3 Å². The van der Waals surface area contributed by atoms with Crippen LogP contribution in [0.4, 0.5) is 0 Å². The summed E-state index contributed by atoms with van der Waals surface area (Å²) in [6.07, 6.45) is 11.1. The van der Waals surface area contributed by atoms with E-state index in [1.165, 1.54) is 24.8 Å². The van der Waals surface area contributed by atoms with Crippen molar-refractivity contribution in [3.05, 3.63) is 35.9 Å². The SMILES string of the molecule is C#CCCCCN1CC(CCC)NCC1c1ccccc1. The molecule has 1 fully saturated rings. The number of unbranched alkanes of at least 4 members (excludes halogenated alkanes) is 2. The number of hydrogen-bond donors (Lipinski definition) is 1. The van der Waals surface area contributed by atoms with Crippen molar-refractivity contribution in [2.75, 3.05) is 19.6 Å². The molecule has 1 heterocycles. The van der Waals surface area contributed by atoms with Crippen LogP contribution in [0.25, 0.3) is 0 Å². The molecule has 2 nitrogen and oxygen atoms in total. The third-order valence-corrected chi connectivity index (χ3v) is 4.33. The molecule has 114 valence electrons. The number of hydrogen-bond acceptors (Lipinski definition) is 2. The Hall–Kier alpha value is -1.30. The molecule has 2 atom stereocenters. The molecule has 2 unspecified atom stereocenters. The molecular weight excluding hydrogens is 256 g/mol. The first-order valence-corrected chi connectivity index (χ1v) is 8.31. The van der Waals surface area contributed by atoms with Gasteiger partial charge in [-0.1, -0.05) is 43.7 Å². The van der Waals surface area contributed by atoms with Crippen LogP contribution in [0.1, 0.15) is 50.6 Å². The van der Waals surface area contributed by atoms with Crippen molar-refractivity contribution in [1.29, 1.82) is 0 Å². The van der Waals surface area contributed by atoms with E-state index in [2.05, 4.69) is 53.4 Å². The molecule has 21 heavy (non-hydrogen) atoms. The Kier molecular flexibility index (Phi) is 6.79. The number of nitrogens with one attached hydrogen (secondary N) is 1. The zero-order chi connectivity index (χ0) is 14.9. The van der Waals surface area contributed by atoms with E-state index in [9.17, 15) is 0 Å². The molecule has 0 saturated carbocycles. The van der Waals surface area contributed by atoms with Gasteiger partial charge in [-0.05, 0) is 31.4 Å². The van der Waals surface area contributed by atoms with Gasteiger partial charge >= 0.3 is 0 Å². The maximum Gasteiger partial charge on any atom is 0.0473 e. The third kappa shape index (κ3) is 4.88. The van der Waals surface area contributed by atoms with Crippen molar-refractivity contribution >= 4 is 0 Å². The van der Waals surface area contributed by atoms with Crippen molar-refractivity contribution in [1.82, 2.24) is 10.2 Å². The van der Waals surface area contributed by atoms with Gasteiger partial charge in [0.1, 0.15) is 0 Å². The zero-order valence-electron chi connectivity index (χ0n) is 13.2. The van der Waals surface area contributed by atoms with Gasteiger partial charge in [0.25, 0.3) is 0 Å². The smallest absolute Gasteiger partial charge is 0.0473 e. The zero-order valence-corrected chi connectivity index (χ0v) is 13.2. The largest absolute Gasteiger partial charge is 0.311 e. The van der Waals surface area contributed by atoms with E-state index in [0.717, 1.165) is 32.5 Å². The number of nitrogens with zero attached hydrogens (tertiary/aromatic N) is 1. The van der Waals surface area contributed by atoms with E-state index in [1.807, 2.05) is 0 Å². The fourth-order valence-electron chi connectivity index (χ4n) is 3.22. The van der Waals surface area contributed by atoms with E-state index in [0.29, 0.717) is 12.1 Å². The fraction of sp³-hybridized carbons (Fsp3) is 0.579. The van der Waals surface area contributed by atoms with Crippen LogP contribution >= 0.6 is 0 Å². The number of terminal acetylenes is 1. The summed E-state index contributed by atoms with van der Waals surface area (Å²) in [7, 11) is 0. The normalized spacial score (nSPS) is 22.9. The maximum atomic E-state index is 5.35. The molecule has 1 aromatic rings. The van der Waals surface area contributed by atoms with Crippen molar-refractivity contribution in [3.63, 3.8) is 0 Å². The van der Waals surface area contributed by atoms with Crippen LogP contribution < -0.4 is 5.32 Å². The van der Waals surface area contributed by atoms with E-state index < -0.39 is 0 Å². The van der Waals surface area contributed by atoms with Crippen LogP contribution in [-0.4, -0.2) is 30.6 Å². The lowest BCUT2D eigenvalue weighted by Crippen LogP contribution is -2.52. The summed E-state index contributed by atoms with van der Waals surface area (Å²) in [5.74, 6) is 2.75. The van der Waals surface area contributed by atoms with E-state index >= 15 is 0 Å². The molecule has 0 amide bonds. The molecule has 2 rings (SSSR count). The van der Waals surface area contributed by atoms with Crippen molar-refractivity contribution in [2.24, 2.45) is 0 Å². The summed E-state index contributed by atoms with van der Waals surface area (Å²) in [6, 6.07) is 12.0. The predicted molar refractivity (Wildman–Crippen MR) is 90.1 cm³/mol. The highest BCUT2D eigenvalue weighted by atomic mass is 15.2. The molecule has 1 aliphatic rings. The number of piperazine rings is 1. The first-order valence-electron chi connectivity index (χ1n) is 8.31. The second-order valence-corrected chi connectivity index (χ2v) is 5.98. The average Bonchev–Trinajstić information content (AvgIpc) is 2.53. The van der Waals surface area contributed by atoms with Gasteiger partial charge in [-0.3, -0.25) is 4.90 Å². The molecule has 0 radical (unpaired) electrons. The summed E-state index contributed by atoms with van der Waals surface area (Å²) in [6.45, 7) is 5.64. The van der Waals surface area contributed by atoms with Gasteiger partial charge in [-0.2, -0.15) is 0 Å². The van der Waals surface area contributed by atoms with Gasteiger partial charge in [0.15, 0.2) is 0 Å².